The Morgan fingerprint density at radius 2 is 1.73 bits per heavy atom. The lowest BCUT2D eigenvalue weighted by molar-refractivity contribution is -0.114. The molecule has 0 saturated heterocycles. The van der Waals surface area contributed by atoms with Gasteiger partial charge in [0.1, 0.15) is 0 Å². The molecule has 5 rings (SSSR count). The Hall–Kier alpha value is -3.07. The zero-order valence-corrected chi connectivity index (χ0v) is 17.4. The van der Waals surface area contributed by atoms with Crippen molar-refractivity contribution in [3.63, 3.8) is 0 Å². The fourth-order valence-electron chi connectivity index (χ4n) is 3.14. The van der Waals surface area contributed by atoms with Crippen molar-refractivity contribution in [2.75, 3.05) is 5.43 Å². The number of rotatable bonds is 4. The molecule has 0 spiro atoms. The van der Waals surface area contributed by atoms with Gasteiger partial charge in [-0.1, -0.05) is 58.8 Å². The van der Waals surface area contributed by atoms with Crippen LogP contribution in [0.15, 0.2) is 75.3 Å². The number of hydrogen-bond acceptors (Lipinski definition) is 7. The van der Waals surface area contributed by atoms with Crippen LogP contribution in [0.5, 0.6) is 5.88 Å². The molecule has 7 nitrogen and oxygen atoms in total. The first-order valence-electron chi connectivity index (χ1n) is 8.77. The lowest BCUT2D eigenvalue weighted by Gasteiger charge is -2.21. The number of thiazole rings is 1. The van der Waals surface area contributed by atoms with Crippen LogP contribution in [0.4, 0.5) is 5.13 Å². The first-order chi connectivity index (χ1) is 14.6. The summed E-state index contributed by atoms with van der Waals surface area (Å²) in [5.41, 5.74) is 5.06. The van der Waals surface area contributed by atoms with Crippen LogP contribution in [0.1, 0.15) is 21.9 Å². The van der Waals surface area contributed by atoms with E-state index in [1.54, 1.807) is 30.5 Å². The number of benzene rings is 2. The third-order valence-electron chi connectivity index (χ3n) is 4.50. The average molecular weight is 456 g/mol. The summed E-state index contributed by atoms with van der Waals surface area (Å²) in [5, 5.41) is 13.5. The lowest BCUT2D eigenvalue weighted by Crippen LogP contribution is -2.16. The standard InChI is InChI=1S/C20H11Cl2N5O2S/c21-12-5-1-10(2-6-12)9-23-27-20-24-19-16(30-20)14(11-3-7-13(22)8-4-11)15-17(28)25-26-18(15)29-19/h1-9,14H,(H,24,27)/b23-9+. The Morgan fingerprint density at radius 1 is 1.03 bits per heavy atom. The quantitative estimate of drug-likeness (QED) is 0.408. The highest BCUT2D eigenvalue weighted by Crippen LogP contribution is 2.49. The third kappa shape index (κ3) is 3.49. The molecule has 30 heavy (non-hydrogen) atoms. The first kappa shape index (κ1) is 18.9. The van der Waals surface area contributed by atoms with Gasteiger partial charge in [-0.3, -0.25) is 10.2 Å². The van der Waals surface area contributed by atoms with Crippen molar-refractivity contribution in [1.82, 2.24) is 4.98 Å². The van der Waals surface area contributed by atoms with Gasteiger partial charge in [-0.05, 0) is 35.4 Å². The smallest absolute Gasteiger partial charge is 0.298 e. The van der Waals surface area contributed by atoms with Gasteiger partial charge >= 0.3 is 0 Å². The molecule has 2 aliphatic rings. The monoisotopic (exact) mass is 455 g/mol. The van der Waals surface area contributed by atoms with Gasteiger partial charge in [-0.25, -0.2) is 0 Å². The van der Waals surface area contributed by atoms with Crippen molar-refractivity contribution in [3.05, 3.63) is 86.0 Å². The molecule has 0 bridgehead atoms. The fraction of sp³-hybridized carbons (Fsp3) is 0.0500. The molecule has 1 amide bonds. The van der Waals surface area contributed by atoms with Gasteiger partial charge < -0.3 is 4.74 Å². The van der Waals surface area contributed by atoms with E-state index in [1.165, 1.54) is 11.3 Å². The molecule has 10 heteroatoms. The summed E-state index contributed by atoms with van der Waals surface area (Å²) in [5.74, 6) is -0.262. The average Bonchev–Trinajstić information content (AvgIpc) is 3.32. The molecule has 2 aromatic carbocycles. The summed E-state index contributed by atoms with van der Waals surface area (Å²) in [4.78, 5) is 17.6. The minimum absolute atomic E-state index is 0.175. The molecule has 2 aliphatic heterocycles. The molecule has 0 fully saturated rings. The Kier molecular flexibility index (Phi) is 4.82. The Balaban J connectivity index is 1.46. The number of ether oxygens (including phenoxy) is 1. The summed E-state index contributed by atoms with van der Waals surface area (Å²) in [6.07, 6.45) is 1.66. The molecule has 3 aromatic rings. The summed E-state index contributed by atoms with van der Waals surface area (Å²) in [7, 11) is 0. The number of anilines is 1. The third-order valence-corrected chi connectivity index (χ3v) is 6.01. The number of nitrogens with zero attached hydrogens (tertiary/aromatic N) is 4. The Morgan fingerprint density at radius 3 is 2.47 bits per heavy atom. The first-order valence-corrected chi connectivity index (χ1v) is 10.3. The zero-order valence-electron chi connectivity index (χ0n) is 15.0. The van der Waals surface area contributed by atoms with E-state index >= 15 is 0 Å². The van der Waals surface area contributed by atoms with E-state index in [4.69, 9.17) is 27.9 Å². The van der Waals surface area contributed by atoms with Gasteiger partial charge in [-0.15, -0.1) is 10.2 Å². The van der Waals surface area contributed by atoms with E-state index < -0.39 is 11.8 Å². The molecule has 1 unspecified atom stereocenters. The molecule has 0 saturated carbocycles. The Bertz CT molecular complexity index is 1230. The van der Waals surface area contributed by atoms with Crippen LogP contribution < -0.4 is 10.2 Å². The van der Waals surface area contributed by atoms with Crippen LogP contribution in [0.25, 0.3) is 0 Å². The molecule has 0 radical (unpaired) electrons. The maximum absolute atomic E-state index is 12.3. The van der Waals surface area contributed by atoms with Crippen molar-refractivity contribution in [3.8, 4) is 5.88 Å². The predicted octanol–water partition coefficient (Wildman–Crippen LogP) is 5.62. The van der Waals surface area contributed by atoms with E-state index in [0.717, 1.165) is 16.0 Å². The van der Waals surface area contributed by atoms with E-state index in [2.05, 4.69) is 25.7 Å². The number of carbonyl (C=O) groups excluding carboxylic acids is 1. The molecular weight excluding hydrogens is 445 g/mol. The molecular formula is C20H11Cl2N5O2S. The SMILES string of the molecule is O=C1N=NC2=C1C(c1ccc(Cl)cc1)c1sc(N/N=C/c3ccc(Cl)cc3)nc1O2. The highest BCUT2D eigenvalue weighted by Gasteiger charge is 2.41. The maximum atomic E-state index is 12.3. The van der Waals surface area contributed by atoms with Crippen LogP contribution in [0.2, 0.25) is 10.0 Å². The second kappa shape index (κ2) is 7.64. The highest BCUT2D eigenvalue weighted by molar-refractivity contribution is 7.16. The molecule has 148 valence electrons. The summed E-state index contributed by atoms with van der Waals surface area (Å²) < 4.78 is 5.73. The van der Waals surface area contributed by atoms with Gasteiger partial charge in [0.25, 0.3) is 11.8 Å². The van der Waals surface area contributed by atoms with Crippen LogP contribution >= 0.6 is 34.5 Å². The van der Waals surface area contributed by atoms with Crippen LogP contribution in [-0.2, 0) is 4.79 Å². The van der Waals surface area contributed by atoms with E-state index in [-0.39, 0.29) is 5.88 Å². The number of hydrazone groups is 1. The zero-order chi connectivity index (χ0) is 20.7. The Labute approximate surface area is 184 Å². The van der Waals surface area contributed by atoms with Crippen LogP contribution in [-0.4, -0.2) is 17.1 Å². The fourth-order valence-corrected chi connectivity index (χ4v) is 4.37. The molecule has 1 N–H and O–H groups in total. The van der Waals surface area contributed by atoms with Gasteiger partial charge in [-0.2, -0.15) is 10.1 Å². The summed E-state index contributed by atoms with van der Waals surface area (Å²) in [6, 6.07) is 14.6. The number of aromatic nitrogens is 1. The minimum atomic E-state index is -0.417. The van der Waals surface area contributed by atoms with Crippen molar-refractivity contribution in [2.24, 2.45) is 15.3 Å². The minimum Gasteiger partial charge on any atom is -0.417 e. The van der Waals surface area contributed by atoms with Gasteiger partial charge in [0.15, 0.2) is 0 Å². The maximum Gasteiger partial charge on any atom is 0.298 e. The van der Waals surface area contributed by atoms with Crippen molar-refractivity contribution in [2.45, 2.75) is 5.92 Å². The predicted molar refractivity (Wildman–Crippen MR) is 116 cm³/mol. The number of azo groups is 1. The molecule has 3 heterocycles. The van der Waals surface area contributed by atoms with Crippen LogP contribution in [0.3, 0.4) is 0 Å². The van der Waals surface area contributed by atoms with Crippen LogP contribution in [0, 0.1) is 0 Å². The number of halogens is 2. The molecule has 1 aromatic heterocycles. The topological polar surface area (TPSA) is 88.3 Å². The normalized spacial score (nSPS) is 17.3. The molecule has 1 atom stereocenters. The van der Waals surface area contributed by atoms with E-state index in [1.807, 2.05) is 24.3 Å². The number of carbonyl (C=O) groups is 1. The van der Waals surface area contributed by atoms with E-state index in [9.17, 15) is 4.79 Å². The summed E-state index contributed by atoms with van der Waals surface area (Å²) in [6.45, 7) is 0. The van der Waals surface area contributed by atoms with Crippen molar-refractivity contribution in [1.29, 1.82) is 0 Å². The number of fused-ring (bicyclic) bond motifs is 1. The lowest BCUT2D eigenvalue weighted by atomic mass is 9.88. The summed E-state index contributed by atoms with van der Waals surface area (Å²) >= 11 is 13.3. The second-order valence-electron chi connectivity index (χ2n) is 6.42. The molecule has 0 aliphatic carbocycles. The number of nitrogens with one attached hydrogen (secondary N) is 1. The van der Waals surface area contributed by atoms with Crippen molar-refractivity contribution >= 4 is 51.8 Å². The highest BCUT2D eigenvalue weighted by atomic mass is 35.5. The second-order valence-corrected chi connectivity index (χ2v) is 8.32. The van der Waals surface area contributed by atoms with Crippen molar-refractivity contribution < 1.29 is 9.53 Å². The number of amides is 1. The largest absolute Gasteiger partial charge is 0.417 e. The van der Waals surface area contributed by atoms with E-state index in [0.29, 0.717) is 26.6 Å². The van der Waals surface area contributed by atoms with Gasteiger partial charge in [0.2, 0.25) is 11.0 Å². The van der Waals surface area contributed by atoms with Gasteiger partial charge in [0, 0.05) is 10.0 Å². The number of hydrogen-bond donors (Lipinski definition) is 1. The van der Waals surface area contributed by atoms with Gasteiger partial charge in [0.05, 0.1) is 22.6 Å².